The number of nitrogens with one attached hydrogen (secondary N) is 1. The Morgan fingerprint density at radius 1 is 1.14 bits per heavy atom. The molecule has 28 heavy (non-hydrogen) atoms. The predicted octanol–water partition coefficient (Wildman–Crippen LogP) is 3.08. The van der Waals surface area contributed by atoms with Gasteiger partial charge in [0, 0.05) is 37.1 Å². The zero-order valence-electron chi connectivity index (χ0n) is 15.5. The minimum Gasteiger partial charge on any atom is -0.497 e. The molecule has 0 unspecified atom stereocenters. The number of fused-ring (bicyclic) bond motifs is 3. The Morgan fingerprint density at radius 2 is 2.00 bits per heavy atom. The van der Waals surface area contributed by atoms with Gasteiger partial charge in [-0.1, -0.05) is 6.07 Å². The molecule has 7 nitrogen and oxygen atoms in total. The average molecular weight is 376 g/mol. The third-order valence-corrected chi connectivity index (χ3v) is 4.64. The third-order valence-electron chi connectivity index (χ3n) is 4.64. The smallest absolute Gasteiger partial charge is 0.275 e. The van der Waals surface area contributed by atoms with Gasteiger partial charge >= 0.3 is 0 Å². The summed E-state index contributed by atoms with van der Waals surface area (Å²) in [5.41, 5.74) is 2.66. The van der Waals surface area contributed by atoms with E-state index in [0.29, 0.717) is 36.3 Å². The Labute approximate surface area is 161 Å². The van der Waals surface area contributed by atoms with Gasteiger partial charge in [-0.15, -0.1) is 0 Å². The van der Waals surface area contributed by atoms with Crippen molar-refractivity contribution >= 4 is 28.3 Å². The van der Waals surface area contributed by atoms with Crippen LogP contribution in [0.15, 0.2) is 65.7 Å². The van der Waals surface area contributed by atoms with Crippen molar-refractivity contribution in [2.75, 3.05) is 12.4 Å². The SMILES string of the molecule is COc1cccc(NC(=O)CCCn2c(=O)c3cccn3c3ncccc32)c1. The molecule has 1 amide bonds. The molecule has 0 radical (unpaired) electrons. The molecule has 0 fully saturated rings. The zero-order valence-corrected chi connectivity index (χ0v) is 15.5. The largest absolute Gasteiger partial charge is 0.497 e. The molecule has 0 atom stereocenters. The van der Waals surface area contributed by atoms with Crippen LogP contribution in [0.5, 0.6) is 5.75 Å². The number of aromatic nitrogens is 3. The summed E-state index contributed by atoms with van der Waals surface area (Å²) in [5, 5.41) is 2.86. The van der Waals surface area contributed by atoms with E-state index >= 15 is 0 Å². The van der Waals surface area contributed by atoms with Gasteiger partial charge in [0.2, 0.25) is 5.91 Å². The van der Waals surface area contributed by atoms with Crippen LogP contribution in [-0.2, 0) is 11.3 Å². The lowest BCUT2D eigenvalue weighted by molar-refractivity contribution is -0.116. The van der Waals surface area contributed by atoms with Gasteiger partial charge < -0.3 is 14.6 Å². The molecule has 7 heteroatoms. The molecule has 0 aliphatic carbocycles. The Hall–Kier alpha value is -3.61. The highest BCUT2D eigenvalue weighted by atomic mass is 16.5. The van der Waals surface area contributed by atoms with Crippen molar-refractivity contribution in [3.8, 4) is 5.75 Å². The highest BCUT2D eigenvalue weighted by Crippen LogP contribution is 2.17. The van der Waals surface area contributed by atoms with Crippen LogP contribution in [0.4, 0.5) is 5.69 Å². The first-order valence-electron chi connectivity index (χ1n) is 9.06. The fourth-order valence-corrected chi connectivity index (χ4v) is 3.32. The number of benzene rings is 1. The number of hydrogen-bond acceptors (Lipinski definition) is 4. The fraction of sp³-hybridized carbons (Fsp3) is 0.190. The number of carbonyl (C=O) groups excluding carboxylic acids is 1. The van der Waals surface area contributed by atoms with Crippen LogP contribution in [0.2, 0.25) is 0 Å². The Morgan fingerprint density at radius 3 is 2.86 bits per heavy atom. The summed E-state index contributed by atoms with van der Waals surface area (Å²) in [4.78, 5) is 29.5. The van der Waals surface area contributed by atoms with E-state index in [0.717, 1.165) is 11.2 Å². The molecule has 4 rings (SSSR count). The van der Waals surface area contributed by atoms with E-state index in [1.807, 2.05) is 42.6 Å². The molecule has 3 heterocycles. The summed E-state index contributed by atoms with van der Waals surface area (Å²) in [6.07, 6.45) is 4.38. The van der Waals surface area contributed by atoms with E-state index in [4.69, 9.17) is 4.74 Å². The molecule has 4 aromatic rings. The molecule has 0 aliphatic rings. The lowest BCUT2D eigenvalue weighted by Gasteiger charge is -2.12. The van der Waals surface area contributed by atoms with Gasteiger partial charge in [0.25, 0.3) is 5.56 Å². The molecule has 0 spiro atoms. The Balaban J connectivity index is 1.50. The van der Waals surface area contributed by atoms with E-state index < -0.39 is 0 Å². The van der Waals surface area contributed by atoms with Gasteiger partial charge in [-0.2, -0.15) is 0 Å². The topological polar surface area (TPSA) is 77.6 Å². The van der Waals surface area contributed by atoms with Crippen molar-refractivity contribution in [1.29, 1.82) is 0 Å². The van der Waals surface area contributed by atoms with Gasteiger partial charge in [0.1, 0.15) is 11.3 Å². The van der Waals surface area contributed by atoms with Gasteiger partial charge in [-0.05, 0) is 42.8 Å². The van der Waals surface area contributed by atoms with Crippen LogP contribution in [0.1, 0.15) is 12.8 Å². The molecule has 1 aromatic carbocycles. The van der Waals surface area contributed by atoms with Gasteiger partial charge in [0.15, 0.2) is 5.65 Å². The summed E-state index contributed by atoms with van der Waals surface area (Å²) < 4.78 is 8.65. The van der Waals surface area contributed by atoms with Crippen LogP contribution in [-0.4, -0.2) is 27.0 Å². The summed E-state index contributed by atoms with van der Waals surface area (Å²) in [7, 11) is 1.58. The lowest BCUT2D eigenvalue weighted by atomic mass is 10.2. The summed E-state index contributed by atoms with van der Waals surface area (Å²) in [6.45, 7) is 0.439. The molecular formula is C21H20N4O3. The molecule has 0 bridgehead atoms. The number of aryl methyl sites for hydroxylation is 1. The normalized spacial score (nSPS) is 11.0. The second kappa shape index (κ2) is 7.56. The second-order valence-electron chi connectivity index (χ2n) is 6.45. The number of carbonyl (C=O) groups is 1. The minimum absolute atomic E-state index is 0.0845. The van der Waals surface area contributed by atoms with Crippen LogP contribution < -0.4 is 15.6 Å². The molecular weight excluding hydrogens is 356 g/mol. The first kappa shape index (κ1) is 17.8. The Bertz CT molecular complexity index is 1210. The Kier molecular flexibility index (Phi) is 4.80. The number of rotatable bonds is 6. The van der Waals surface area contributed by atoms with Crippen molar-refractivity contribution in [2.24, 2.45) is 0 Å². The third kappa shape index (κ3) is 3.34. The molecule has 142 valence electrons. The minimum atomic E-state index is -0.104. The van der Waals surface area contributed by atoms with Crippen LogP contribution in [0.25, 0.3) is 16.7 Å². The maximum absolute atomic E-state index is 12.8. The number of anilines is 1. The average Bonchev–Trinajstić information content (AvgIpc) is 3.21. The number of hydrogen-bond donors (Lipinski definition) is 1. The highest BCUT2D eigenvalue weighted by molar-refractivity contribution is 5.90. The lowest BCUT2D eigenvalue weighted by Crippen LogP contribution is -2.24. The van der Waals surface area contributed by atoms with E-state index in [-0.39, 0.29) is 11.5 Å². The summed E-state index contributed by atoms with van der Waals surface area (Å²) in [5.74, 6) is 0.580. The summed E-state index contributed by atoms with van der Waals surface area (Å²) in [6, 6.07) is 14.5. The van der Waals surface area contributed by atoms with Crippen molar-refractivity contribution < 1.29 is 9.53 Å². The maximum Gasteiger partial charge on any atom is 0.275 e. The van der Waals surface area contributed by atoms with Gasteiger partial charge in [-0.25, -0.2) is 4.98 Å². The number of methoxy groups -OCH3 is 1. The van der Waals surface area contributed by atoms with Crippen LogP contribution >= 0.6 is 0 Å². The van der Waals surface area contributed by atoms with Crippen molar-refractivity contribution in [3.05, 3.63) is 71.3 Å². The molecule has 3 aromatic heterocycles. The van der Waals surface area contributed by atoms with Crippen molar-refractivity contribution in [3.63, 3.8) is 0 Å². The predicted molar refractivity (Wildman–Crippen MR) is 108 cm³/mol. The molecule has 0 saturated carbocycles. The van der Waals surface area contributed by atoms with Crippen LogP contribution in [0, 0.1) is 0 Å². The highest BCUT2D eigenvalue weighted by Gasteiger charge is 2.11. The second-order valence-corrected chi connectivity index (χ2v) is 6.45. The first-order valence-corrected chi connectivity index (χ1v) is 9.06. The molecule has 1 N–H and O–H groups in total. The number of amides is 1. The number of pyridine rings is 1. The quantitative estimate of drug-likeness (QED) is 0.561. The van der Waals surface area contributed by atoms with Gasteiger partial charge in [0.05, 0.1) is 12.6 Å². The standard InChI is InChI=1S/C21H20N4O3/c1-28-16-7-2-6-15(14-16)23-19(26)10-5-13-25-17-8-3-11-22-20(17)24-12-4-9-18(24)21(25)27/h2-4,6-9,11-12,14H,5,10,13H2,1H3,(H,23,26). The fourth-order valence-electron chi connectivity index (χ4n) is 3.32. The summed E-state index contributed by atoms with van der Waals surface area (Å²) >= 11 is 0. The van der Waals surface area contributed by atoms with Crippen molar-refractivity contribution in [2.45, 2.75) is 19.4 Å². The maximum atomic E-state index is 12.8. The number of ether oxygens (including phenoxy) is 1. The van der Waals surface area contributed by atoms with E-state index in [2.05, 4.69) is 10.3 Å². The van der Waals surface area contributed by atoms with Crippen LogP contribution in [0.3, 0.4) is 0 Å². The molecule has 0 aliphatic heterocycles. The monoisotopic (exact) mass is 376 g/mol. The van der Waals surface area contributed by atoms with Gasteiger partial charge in [-0.3, -0.25) is 14.0 Å². The van der Waals surface area contributed by atoms with E-state index in [1.165, 1.54) is 0 Å². The van der Waals surface area contributed by atoms with E-state index in [9.17, 15) is 9.59 Å². The zero-order chi connectivity index (χ0) is 19.5. The van der Waals surface area contributed by atoms with E-state index in [1.54, 1.807) is 34.4 Å². The number of nitrogens with zero attached hydrogens (tertiary/aromatic N) is 3. The first-order chi connectivity index (χ1) is 13.7. The molecule has 0 saturated heterocycles. The van der Waals surface area contributed by atoms with Crippen molar-refractivity contribution in [1.82, 2.24) is 14.0 Å².